The normalized spacial score (nSPS) is 16.0. The Kier molecular flexibility index (Phi) is 10.0. The fourth-order valence-electron chi connectivity index (χ4n) is 2.33. The summed E-state index contributed by atoms with van der Waals surface area (Å²) in [6.45, 7) is 10.3. The number of quaternary nitrogens is 1. The van der Waals surface area contributed by atoms with Crippen LogP contribution in [0.25, 0.3) is 0 Å². The van der Waals surface area contributed by atoms with Gasteiger partial charge in [0.05, 0.1) is 26.2 Å². The second kappa shape index (κ2) is 10.8. The summed E-state index contributed by atoms with van der Waals surface area (Å²) < 4.78 is 6.93. The van der Waals surface area contributed by atoms with E-state index in [-0.39, 0.29) is 0 Å². The summed E-state index contributed by atoms with van der Waals surface area (Å²) in [6, 6.07) is 0. The average Bonchev–Trinajstić information content (AvgIpc) is 2.81. The summed E-state index contributed by atoms with van der Waals surface area (Å²) in [5, 5.41) is 16.7. The fraction of sp³-hybridized carbons (Fsp3) is 0.846. The van der Waals surface area contributed by atoms with Crippen LogP contribution in [-0.2, 0) is 4.74 Å². The van der Waals surface area contributed by atoms with Crippen molar-refractivity contribution in [2.45, 2.75) is 39.5 Å². The quantitative estimate of drug-likeness (QED) is 0.340. The molecule has 0 aliphatic carbocycles. The minimum atomic E-state index is 0.934. The Morgan fingerprint density at radius 2 is 1.72 bits per heavy atom. The first-order chi connectivity index (χ1) is 8.74. The van der Waals surface area contributed by atoms with Crippen LogP contribution in [0.15, 0.2) is 0 Å². The summed E-state index contributed by atoms with van der Waals surface area (Å²) in [4.78, 5) is 0. The molecule has 0 aromatic rings. The number of hydrogen-bond acceptors (Lipinski definition) is 4. The number of hydrogen-bond donors (Lipinski definition) is 1. The highest BCUT2D eigenvalue weighted by Crippen LogP contribution is 2.19. The molecule has 1 heterocycles. The van der Waals surface area contributed by atoms with Crippen LogP contribution in [0.4, 0.5) is 0 Å². The van der Waals surface area contributed by atoms with Gasteiger partial charge in [-0.25, -0.2) is 5.32 Å². The molecule has 1 fully saturated rings. The molecule has 5 nitrogen and oxygen atoms in total. The van der Waals surface area contributed by atoms with Gasteiger partial charge in [0.15, 0.2) is 19.1 Å². The van der Waals surface area contributed by atoms with E-state index in [1.807, 2.05) is 0 Å². The van der Waals surface area contributed by atoms with Gasteiger partial charge in [0, 0.05) is 12.8 Å². The molecule has 0 bridgehead atoms. The van der Waals surface area contributed by atoms with E-state index in [0.29, 0.717) is 0 Å². The number of nitrogens with one attached hydrogen (secondary N) is 1. The molecule has 18 heavy (non-hydrogen) atoms. The second-order valence-electron chi connectivity index (χ2n) is 4.61. The van der Waals surface area contributed by atoms with Crippen LogP contribution in [0.1, 0.15) is 39.5 Å². The Bertz CT molecular complexity index is 262. The lowest BCUT2D eigenvalue weighted by Gasteiger charge is -2.33. The first-order valence-electron chi connectivity index (χ1n) is 6.70. The minimum absolute atomic E-state index is 0.934. The maximum absolute atomic E-state index is 7.48. The lowest BCUT2D eigenvalue weighted by molar-refractivity contribution is -0.935. The summed E-state index contributed by atoms with van der Waals surface area (Å²) in [5.41, 5.74) is 0. The molecule has 0 aromatic carbocycles. The fourth-order valence-corrected chi connectivity index (χ4v) is 2.33. The van der Waals surface area contributed by atoms with E-state index in [2.05, 4.69) is 13.8 Å². The van der Waals surface area contributed by atoms with E-state index in [4.69, 9.17) is 15.3 Å². The average molecular weight is 253 g/mol. The van der Waals surface area contributed by atoms with Gasteiger partial charge in [-0.2, -0.15) is 10.5 Å². The molecule has 0 unspecified atom stereocenters. The third-order valence-corrected chi connectivity index (χ3v) is 3.04. The second-order valence-corrected chi connectivity index (χ2v) is 4.61. The van der Waals surface area contributed by atoms with Crippen LogP contribution >= 0.6 is 0 Å². The molecule has 0 radical (unpaired) electrons. The van der Waals surface area contributed by atoms with Crippen LogP contribution in [-0.4, -0.2) is 37.5 Å². The predicted octanol–water partition coefficient (Wildman–Crippen LogP) is 1.93. The Hall–Kier alpha value is -1.30. The van der Waals surface area contributed by atoms with Crippen molar-refractivity contribution in [3.8, 4) is 12.4 Å². The smallest absolute Gasteiger partial charge is 0.190 e. The van der Waals surface area contributed by atoms with Gasteiger partial charge in [-0.3, -0.25) is 0 Å². The van der Waals surface area contributed by atoms with Crippen molar-refractivity contribution in [1.29, 1.82) is 10.5 Å². The molecule has 0 atom stereocenters. The van der Waals surface area contributed by atoms with Crippen LogP contribution in [0.3, 0.4) is 0 Å². The number of nitriles is 2. The zero-order valence-corrected chi connectivity index (χ0v) is 11.6. The van der Waals surface area contributed by atoms with Gasteiger partial charge >= 0.3 is 0 Å². The largest absolute Gasteiger partial charge is 0.332 e. The maximum atomic E-state index is 7.48. The van der Waals surface area contributed by atoms with Gasteiger partial charge in [0.2, 0.25) is 0 Å². The van der Waals surface area contributed by atoms with Crippen molar-refractivity contribution >= 4 is 0 Å². The van der Waals surface area contributed by atoms with Crippen LogP contribution < -0.4 is 5.32 Å². The highest BCUT2D eigenvalue weighted by atomic mass is 16.5. The molecule has 0 saturated carbocycles. The molecular weight excluding hydrogens is 228 g/mol. The molecule has 1 N–H and O–H groups in total. The van der Waals surface area contributed by atoms with Gasteiger partial charge in [-0.15, -0.1) is 0 Å². The van der Waals surface area contributed by atoms with Crippen molar-refractivity contribution < 1.29 is 9.22 Å². The molecule has 0 aromatic heterocycles. The van der Waals surface area contributed by atoms with Crippen molar-refractivity contribution in [3.63, 3.8) is 0 Å². The SMILES string of the molecule is CCCOC[N+]1(CCC)CCCC1.N#CNC#N. The highest BCUT2D eigenvalue weighted by Gasteiger charge is 2.30. The Morgan fingerprint density at radius 3 is 2.11 bits per heavy atom. The number of nitrogens with zero attached hydrogens (tertiary/aromatic N) is 3. The Morgan fingerprint density at radius 1 is 1.11 bits per heavy atom. The molecule has 5 heteroatoms. The van der Waals surface area contributed by atoms with E-state index < -0.39 is 0 Å². The van der Waals surface area contributed by atoms with E-state index in [9.17, 15) is 0 Å². The van der Waals surface area contributed by atoms with Crippen LogP contribution in [0.5, 0.6) is 0 Å². The van der Waals surface area contributed by atoms with E-state index in [1.54, 1.807) is 5.32 Å². The monoisotopic (exact) mass is 253 g/mol. The topological polar surface area (TPSA) is 68.8 Å². The molecule has 1 saturated heterocycles. The molecule has 0 amide bonds. The number of likely N-dealkylation sites (tertiary alicyclic amines) is 1. The van der Waals surface area contributed by atoms with E-state index in [0.717, 1.165) is 19.8 Å². The van der Waals surface area contributed by atoms with E-state index in [1.165, 1.54) is 55.8 Å². The van der Waals surface area contributed by atoms with Gasteiger partial charge in [-0.05, 0) is 12.8 Å². The zero-order chi connectivity index (χ0) is 13.7. The summed E-state index contributed by atoms with van der Waals surface area (Å²) >= 11 is 0. The van der Waals surface area contributed by atoms with Gasteiger partial charge in [0.25, 0.3) is 0 Å². The standard InChI is InChI=1S/C11H24NO.C2HN3/c1-3-7-12(8-5-6-9-12)11-13-10-4-2;3-1-5-2-4/h3-11H2,1-2H3;5H/q+1;. The molecular formula is C13H25N4O+. The van der Waals surface area contributed by atoms with Crippen molar-refractivity contribution in [3.05, 3.63) is 0 Å². The van der Waals surface area contributed by atoms with Crippen LogP contribution in [0, 0.1) is 22.9 Å². The van der Waals surface area contributed by atoms with Crippen LogP contribution in [0.2, 0.25) is 0 Å². The van der Waals surface area contributed by atoms with Gasteiger partial charge in [-0.1, -0.05) is 13.8 Å². The van der Waals surface area contributed by atoms with Crippen molar-refractivity contribution in [2.24, 2.45) is 0 Å². The highest BCUT2D eigenvalue weighted by molar-refractivity contribution is 4.77. The molecule has 0 spiro atoms. The third-order valence-electron chi connectivity index (χ3n) is 3.04. The molecule has 1 aliphatic heterocycles. The Balaban J connectivity index is 0.000000494. The number of rotatable bonds is 6. The molecule has 1 aliphatic rings. The van der Waals surface area contributed by atoms with Crippen molar-refractivity contribution in [2.75, 3.05) is 33.0 Å². The minimum Gasteiger partial charge on any atom is -0.332 e. The zero-order valence-electron chi connectivity index (χ0n) is 11.6. The summed E-state index contributed by atoms with van der Waals surface area (Å²) in [6.07, 6.45) is 8.04. The lowest BCUT2D eigenvalue weighted by atomic mass is 10.4. The lowest BCUT2D eigenvalue weighted by Crippen LogP contribution is -2.47. The van der Waals surface area contributed by atoms with Crippen molar-refractivity contribution in [1.82, 2.24) is 5.32 Å². The summed E-state index contributed by atoms with van der Waals surface area (Å²) in [5.74, 6) is 0. The number of ether oxygens (including phenoxy) is 1. The Labute approximate surface area is 111 Å². The predicted molar refractivity (Wildman–Crippen MR) is 69.9 cm³/mol. The third kappa shape index (κ3) is 7.11. The van der Waals surface area contributed by atoms with Gasteiger partial charge < -0.3 is 9.22 Å². The first-order valence-corrected chi connectivity index (χ1v) is 6.70. The summed E-state index contributed by atoms with van der Waals surface area (Å²) in [7, 11) is 0. The maximum Gasteiger partial charge on any atom is 0.190 e. The first kappa shape index (κ1) is 16.7. The molecule has 102 valence electrons. The van der Waals surface area contributed by atoms with Gasteiger partial charge in [0.1, 0.15) is 0 Å². The van der Waals surface area contributed by atoms with E-state index >= 15 is 0 Å². The molecule has 1 rings (SSSR count).